The van der Waals surface area contributed by atoms with E-state index in [1.165, 1.54) is 24.3 Å². The monoisotopic (exact) mass is 471 g/mol. The Kier molecular flexibility index (Phi) is 8.74. The lowest BCUT2D eigenvalue weighted by atomic mass is 10.2. The van der Waals surface area contributed by atoms with Crippen molar-refractivity contribution in [2.45, 2.75) is 12.6 Å². The van der Waals surface area contributed by atoms with Gasteiger partial charge in [0.2, 0.25) is 0 Å². The summed E-state index contributed by atoms with van der Waals surface area (Å²) in [6.45, 7) is 0.611. The molecule has 0 unspecified atom stereocenters. The number of nitrogens with one attached hydrogen (secondary N) is 1. The van der Waals surface area contributed by atoms with Crippen molar-refractivity contribution < 1.29 is 27.0 Å². The number of benzene rings is 2. The third kappa shape index (κ3) is 7.84. The number of rotatable bonds is 9. The van der Waals surface area contributed by atoms with Crippen molar-refractivity contribution >= 4 is 40.5 Å². The molecule has 29 heavy (non-hydrogen) atoms. The minimum Gasteiger partial charge on any atom is -0.489 e. The van der Waals surface area contributed by atoms with Crippen molar-refractivity contribution in [1.29, 1.82) is 0 Å². The normalized spacial score (nSPS) is 11.1. The van der Waals surface area contributed by atoms with Gasteiger partial charge in [-0.05, 0) is 36.8 Å². The lowest BCUT2D eigenvalue weighted by Gasteiger charge is -2.12. The predicted octanol–water partition coefficient (Wildman–Crippen LogP) is 7.08. The van der Waals surface area contributed by atoms with Gasteiger partial charge in [-0.1, -0.05) is 34.8 Å². The topological polar surface area (TPSA) is 30.5 Å². The van der Waals surface area contributed by atoms with Gasteiger partial charge in [0.25, 0.3) is 0 Å². The molecule has 0 atom stereocenters. The van der Waals surface area contributed by atoms with Gasteiger partial charge >= 0.3 is 6.18 Å². The zero-order valence-corrected chi connectivity index (χ0v) is 17.1. The highest BCUT2D eigenvalue weighted by atomic mass is 35.5. The molecule has 0 aliphatic rings. The first-order chi connectivity index (χ1) is 13.7. The summed E-state index contributed by atoms with van der Waals surface area (Å²) in [6.07, 6.45) is -2.51. The molecule has 0 saturated carbocycles. The second kappa shape index (κ2) is 10.8. The molecule has 3 nitrogen and oxygen atoms in total. The van der Waals surface area contributed by atoms with Crippen LogP contribution in [0.3, 0.4) is 0 Å². The van der Waals surface area contributed by atoms with Crippen LogP contribution >= 0.6 is 34.8 Å². The molecule has 2 aromatic carbocycles. The zero-order valence-electron chi connectivity index (χ0n) is 14.8. The molecule has 0 aromatic heterocycles. The molecule has 0 saturated heterocycles. The maximum Gasteiger partial charge on any atom is 0.416 e. The summed E-state index contributed by atoms with van der Waals surface area (Å²) in [7, 11) is 0. The molecule has 0 amide bonds. The summed E-state index contributed by atoms with van der Waals surface area (Å²) < 4.78 is 62.3. The number of ether oxygens (including phenoxy) is 2. The van der Waals surface area contributed by atoms with Crippen molar-refractivity contribution in [1.82, 2.24) is 0 Å². The fourth-order valence-corrected chi connectivity index (χ4v) is 2.59. The number of hydrogen-bond acceptors (Lipinski definition) is 3. The van der Waals surface area contributed by atoms with Crippen LogP contribution in [0.15, 0.2) is 47.0 Å². The Balaban J connectivity index is 1.79. The van der Waals surface area contributed by atoms with Gasteiger partial charge in [0.1, 0.15) is 16.8 Å². The van der Waals surface area contributed by atoms with E-state index in [9.17, 15) is 17.6 Å². The minimum absolute atomic E-state index is 0.0291. The average molecular weight is 473 g/mol. The van der Waals surface area contributed by atoms with Gasteiger partial charge in [-0.3, -0.25) is 0 Å². The fourth-order valence-electron chi connectivity index (χ4n) is 2.21. The maximum absolute atomic E-state index is 14.1. The molecule has 1 N–H and O–H groups in total. The Morgan fingerprint density at radius 1 is 1.07 bits per heavy atom. The summed E-state index contributed by atoms with van der Waals surface area (Å²) in [5.74, 6) is -0.613. The van der Waals surface area contributed by atoms with E-state index in [2.05, 4.69) is 5.32 Å². The number of alkyl halides is 3. The highest BCUT2D eigenvalue weighted by Crippen LogP contribution is 2.33. The second-order valence-corrected chi connectivity index (χ2v) is 7.14. The molecule has 2 rings (SSSR count). The molecule has 0 bridgehead atoms. The highest BCUT2D eigenvalue weighted by molar-refractivity contribution is 6.55. The molecule has 0 aliphatic heterocycles. The van der Waals surface area contributed by atoms with E-state index in [1.807, 2.05) is 0 Å². The van der Waals surface area contributed by atoms with Crippen molar-refractivity contribution in [3.63, 3.8) is 0 Å². The van der Waals surface area contributed by atoms with Crippen molar-refractivity contribution in [3.8, 4) is 11.5 Å². The van der Waals surface area contributed by atoms with Crippen LogP contribution in [0.4, 0.5) is 23.2 Å². The molecule has 0 fully saturated rings. The summed E-state index contributed by atoms with van der Waals surface area (Å²) in [5, 5.41) is 3.00. The van der Waals surface area contributed by atoms with Gasteiger partial charge in [-0.2, -0.15) is 13.2 Å². The fraction of sp³-hybridized carbons (Fsp3) is 0.263. The first-order valence-electron chi connectivity index (χ1n) is 8.34. The van der Waals surface area contributed by atoms with Gasteiger partial charge in [-0.15, -0.1) is 0 Å². The third-order valence-electron chi connectivity index (χ3n) is 3.57. The number of anilines is 1. The van der Waals surface area contributed by atoms with Crippen LogP contribution in [0.2, 0.25) is 5.02 Å². The molecule has 0 spiro atoms. The summed E-state index contributed by atoms with van der Waals surface area (Å²) >= 11 is 16.9. The second-order valence-electron chi connectivity index (χ2n) is 5.72. The van der Waals surface area contributed by atoms with Crippen molar-refractivity contribution in [2.75, 3.05) is 25.1 Å². The first kappa shape index (κ1) is 23.4. The van der Waals surface area contributed by atoms with Crippen molar-refractivity contribution in [3.05, 3.63) is 63.4 Å². The average Bonchev–Trinajstić information content (AvgIpc) is 2.62. The number of hydrogen-bond donors (Lipinski definition) is 1. The van der Waals surface area contributed by atoms with Crippen LogP contribution in [0.5, 0.6) is 11.5 Å². The Bertz CT molecular complexity index is 815. The van der Waals surface area contributed by atoms with E-state index in [-0.39, 0.29) is 34.2 Å². The van der Waals surface area contributed by atoms with E-state index in [1.54, 1.807) is 0 Å². The van der Waals surface area contributed by atoms with E-state index in [4.69, 9.17) is 44.3 Å². The predicted molar refractivity (Wildman–Crippen MR) is 107 cm³/mol. The lowest BCUT2D eigenvalue weighted by Crippen LogP contribution is -2.09. The Hall–Kier alpha value is -1.83. The molecule has 0 aliphatic carbocycles. The smallest absolute Gasteiger partial charge is 0.416 e. The van der Waals surface area contributed by atoms with Gasteiger partial charge in [0, 0.05) is 24.4 Å². The molecule has 0 heterocycles. The van der Waals surface area contributed by atoms with E-state index in [0.29, 0.717) is 18.7 Å². The van der Waals surface area contributed by atoms with Gasteiger partial charge in [0.15, 0.2) is 11.6 Å². The van der Waals surface area contributed by atoms with E-state index < -0.39 is 17.6 Å². The highest BCUT2D eigenvalue weighted by Gasteiger charge is 2.29. The summed E-state index contributed by atoms with van der Waals surface area (Å²) in [5.41, 5.74) is -0.180. The van der Waals surface area contributed by atoms with Crippen LogP contribution in [0.1, 0.15) is 12.0 Å². The zero-order chi connectivity index (χ0) is 21.4. The van der Waals surface area contributed by atoms with Crippen LogP contribution < -0.4 is 14.8 Å². The molecule has 158 valence electrons. The van der Waals surface area contributed by atoms with E-state index in [0.717, 1.165) is 18.2 Å². The standard InChI is InChI=1S/C19H16Cl3F4NO2/c20-15-10-14(28-9-6-17(21)22)11-16(23)18(15)29-8-1-7-27-13-4-2-12(3-5-13)19(24,25)26/h2-6,10-11,27H,1,7-9H2. The SMILES string of the molecule is Fc1cc(OCC=C(Cl)Cl)cc(Cl)c1OCCCNc1ccc(C(F)(F)F)cc1. The Morgan fingerprint density at radius 3 is 2.34 bits per heavy atom. The van der Waals surface area contributed by atoms with Crippen molar-refractivity contribution in [2.24, 2.45) is 0 Å². The number of halogens is 7. The van der Waals surface area contributed by atoms with E-state index >= 15 is 0 Å². The molecular weight excluding hydrogens is 457 g/mol. The molecular formula is C19H16Cl3F4NO2. The van der Waals surface area contributed by atoms with Crippen LogP contribution in [0.25, 0.3) is 0 Å². The third-order valence-corrected chi connectivity index (χ3v) is 4.16. The molecule has 0 radical (unpaired) electrons. The van der Waals surface area contributed by atoms with Crippen LogP contribution in [-0.4, -0.2) is 19.8 Å². The lowest BCUT2D eigenvalue weighted by molar-refractivity contribution is -0.137. The van der Waals surface area contributed by atoms with Gasteiger partial charge in [0.05, 0.1) is 17.2 Å². The summed E-state index contributed by atoms with van der Waals surface area (Å²) in [4.78, 5) is 0. The van der Waals surface area contributed by atoms with Crippen LogP contribution in [-0.2, 0) is 6.18 Å². The van der Waals surface area contributed by atoms with Gasteiger partial charge in [-0.25, -0.2) is 4.39 Å². The van der Waals surface area contributed by atoms with Crippen LogP contribution in [0, 0.1) is 5.82 Å². The molecule has 10 heteroatoms. The maximum atomic E-state index is 14.1. The summed E-state index contributed by atoms with van der Waals surface area (Å²) in [6, 6.07) is 7.19. The van der Waals surface area contributed by atoms with Gasteiger partial charge < -0.3 is 14.8 Å². The first-order valence-corrected chi connectivity index (χ1v) is 9.47. The quantitative estimate of drug-likeness (QED) is 0.312. The minimum atomic E-state index is -4.37. The largest absolute Gasteiger partial charge is 0.489 e. The Morgan fingerprint density at radius 2 is 1.76 bits per heavy atom. The molecule has 2 aromatic rings. The Labute approximate surface area is 180 Å².